The third kappa shape index (κ3) is 3.44. The van der Waals surface area contributed by atoms with E-state index in [1.807, 2.05) is 28.7 Å². The van der Waals surface area contributed by atoms with Crippen LogP contribution in [-0.4, -0.2) is 0 Å². The smallest absolute Gasteiger partial charge is 0.135 e. The first-order valence-corrected chi connectivity index (χ1v) is 16.1. The molecule has 9 aromatic rings. The normalized spacial score (nSPS) is 12.4. The van der Waals surface area contributed by atoms with Crippen LogP contribution in [0, 0.1) is 0 Å². The van der Waals surface area contributed by atoms with Gasteiger partial charge in [0.25, 0.3) is 0 Å². The summed E-state index contributed by atoms with van der Waals surface area (Å²) in [5.74, 6) is 1.85. The standard InChI is InChI=1S/C40H22OS2/c1-3-11-33-28(8-1)32-20-26(19-25-7-5-12-34(41-33)39(25)32)23-15-17-29-30-18-16-24(22-38(30)43-37(29)21-23)27-10-6-14-36-40(27)31-9-2-4-13-35(31)42-36/h1-22H. The third-order valence-electron chi connectivity index (χ3n) is 8.86. The first-order chi connectivity index (χ1) is 21.3. The van der Waals surface area contributed by atoms with Gasteiger partial charge in [-0.05, 0) is 81.7 Å². The van der Waals surface area contributed by atoms with Crippen LogP contribution in [0.25, 0.3) is 84.5 Å². The summed E-state index contributed by atoms with van der Waals surface area (Å²) in [4.78, 5) is 0. The largest absolute Gasteiger partial charge is 0.456 e. The molecule has 3 heteroatoms. The Hall–Kier alpha value is -4.96. The second-order valence-corrected chi connectivity index (χ2v) is 13.4. The van der Waals surface area contributed by atoms with Gasteiger partial charge in [-0.1, -0.05) is 84.9 Å². The molecule has 0 amide bonds. The van der Waals surface area contributed by atoms with Gasteiger partial charge < -0.3 is 4.74 Å². The zero-order valence-corrected chi connectivity index (χ0v) is 24.6. The van der Waals surface area contributed by atoms with Crippen molar-refractivity contribution < 1.29 is 4.74 Å². The molecule has 2 aromatic heterocycles. The van der Waals surface area contributed by atoms with Gasteiger partial charge in [0.2, 0.25) is 0 Å². The molecule has 1 nitrogen and oxygen atoms in total. The maximum absolute atomic E-state index is 6.27. The Morgan fingerprint density at radius 1 is 0.372 bits per heavy atom. The molecule has 0 fully saturated rings. The van der Waals surface area contributed by atoms with Crippen LogP contribution in [-0.2, 0) is 0 Å². The molecule has 0 N–H and O–H groups in total. The van der Waals surface area contributed by atoms with E-state index in [0.717, 1.165) is 17.1 Å². The van der Waals surface area contributed by atoms with E-state index in [-0.39, 0.29) is 0 Å². The number of rotatable bonds is 2. The Morgan fingerprint density at radius 3 is 2.00 bits per heavy atom. The van der Waals surface area contributed by atoms with Gasteiger partial charge in [-0.25, -0.2) is 0 Å². The average Bonchev–Trinajstić information content (AvgIpc) is 3.62. The lowest BCUT2D eigenvalue weighted by atomic mass is 9.90. The summed E-state index contributed by atoms with van der Waals surface area (Å²) in [6.07, 6.45) is 0. The zero-order chi connectivity index (χ0) is 28.1. The second-order valence-electron chi connectivity index (χ2n) is 11.3. The average molecular weight is 583 g/mol. The molecule has 200 valence electrons. The van der Waals surface area contributed by atoms with Gasteiger partial charge in [0.05, 0.1) is 0 Å². The highest BCUT2D eigenvalue weighted by Gasteiger charge is 2.21. The molecule has 0 bridgehead atoms. The predicted octanol–water partition coefficient (Wildman–Crippen LogP) is 12.7. The Morgan fingerprint density at radius 2 is 1.07 bits per heavy atom. The summed E-state index contributed by atoms with van der Waals surface area (Å²) in [5.41, 5.74) is 7.44. The van der Waals surface area contributed by atoms with E-state index >= 15 is 0 Å². The summed E-state index contributed by atoms with van der Waals surface area (Å²) < 4.78 is 11.6. The van der Waals surface area contributed by atoms with E-state index < -0.39 is 0 Å². The number of ether oxygens (including phenoxy) is 1. The quantitative estimate of drug-likeness (QED) is 0.197. The molecule has 43 heavy (non-hydrogen) atoms. The van der Waals surface area contributed by atoms with E-state index in [2.05, 4.69) is 127 Å². The van der Waals surface area contributed by atoms with Crippen molar-refractivity contribution in [3.05, 3.63) is 133 Å². The lowest BCUT2D eigenvalue weighted by Gasteiger charge is -2.22. The molecule has 10 rings (SSSR count). The molecule has 0 unspecified atom stereocenters. The molecule has 1 aliphatic heterocycles. The SMILES string of the molecule is c1ccc2c(c1)Oc1cccc3cc(-c4ccc5c(c4)sc4cc(-c6cccc7sc8ccccc8c67)ccc45)cc-2c13. The molecule has 3 heterocycles. The van der Waals surface area contributed by atoms with Gasteiger partial charge >= 0.3 is 0 Å². The number of hydrogen-bond acceptors (Lipinski definition) is 3. The van der Waals surface area contributed by atoms with Gasteiger partial charge in [0.15, 0.2) is 0 Å². The molecule has 0 atom stereocenters. The Labute approximate surface area is 255 Å². The Kier molecular flexibility index (Phi) is 4.81. The first kappa shape index (κ1) is 23.6. The molecule has 0 saturated carbocycles. The Bertz CT molecular complexity index is 2600. The summed E-state index contributed by atoms with van der Waals surface area (Å²) >= 11 is 3.77. The van der Waals surface area contributed by atoms with Crippen molar-refractivity contribution in [2.75, 3.05) is 0 Å². The van der Waals surface area contributed by atoms with Crippen LogP contribution in [0.5, 0.6) is 11.5 Å². The molecule has 0 aliphatic carbocycles. The first-order valence-electron chi connectivity index (χ1n) is 14.5. The summed E-state index contributed by atoms with van der Waals surface area (Å²) in [5, 5.41) is 7.74. The van der Waals surface area contributed by atoms with Crippen molar-refractivity contribution in [3.63, 3.8) is 0 Å². The van der Waals surface area contributed by atoms with Crippen molar-refractivity contribution in [2.24, 2.45) is 0 Å². The Balaban J connectivity index is 1.13. The van der Waals surface area contributed by atoms with Crippen LogP contribution in [0.4, 0.5) is 0 Å². The molecule has 7 aromatic carbocycles. The van der Waals surface area contributed by atoms with Gasteiger partial charge in [0, 0.05) is 51.3 Å². The van der Waals surface area contributed by atoms with Crippen molar-refractivity contribution in [1.29, 1.82) is 0 Å². The number of fused-ring (bicyclic) bond motifs is 8. The maximum atomic E-state index is 6.27. The minimum absolute atomic E-state index is 0.918. The highest BCUT2D eigenvalue weighted by molar-refractivity contribution is 7.26. The van der Waals surface area contributed by atoms with Crippen LogP contribution in [0.2, 0.25) is 0 Å². The molecule has 0 saturated heterocycles. The molecule has 0 radical (unpaired) electrons. The van der Waals surface area contributed by atoms with Crippen LogP contribution in [0.1, 0.15) is 0 Å². The van der Waals surface area contributed by atoms with Crippen LogP contribution in [0.3, 0.4) is 0 Å². The topological polar surface area (TPSA) is 9.23 Å². The maximum Gasteiger partial charge on any atom is 0.135 e. The number of benzene rings is 7. The fourth-order valence-corrected chi connectivity index (χ4v) is 9.21. The highest BCUT2D eigenvalue weighted by atomic mass is 32.1. The van der Waals surface area contributed by atoms with E-state index in [1.165, 1.54) is 78.9 Å². The number of para-hydroxylation sites is 1. The second kappa shape index (κ2) is 8.78. The minimum atomic E-state index is 0.918. The molecular formula is C40H22OS2. The lowest BCUT2D eigenvalue weighted by Crippen LogP contribution is -1.97. The fraction of sp³-hybridized carbons (Fsp3) is 0. The number of hydrogen-bond donors (Lipinski definition) is 0. The van der Waals surface area contributed by atoms with Crippen molar-refractivity contribution >= 4 is 73.8 Å². The highest BCUT2D eigenvalue weighted by Crippen LogP contribution is 2.48. The van der Waals surface area contributed by atoms with E-state index in [9.17, 15) is 0 Å². The van der Waals surface area contributed by atoms with Crippen LogP contribution >= 0.6 is 22.7 Å². The number of thiophene rings is 2. The van der Waals surface area contributed by atoms with Crippen LogP contribution in [0.15, 0.2) is 133 Å². The van der Waals surface area contributed by atoms with E-state index in [4.69, 9.17) is 4.74 Å². The summed E-state index contributed by atoms with van der Waals surface area (Å²) in [6, 6.07) is 48.8. The van der Waals surface area contributed by atoms with Gasteiger partial charge in [0.1, 0.15) is 11.5 Å². The van der Waals surface area contributed by atoms with Crippen molar-refractivity contribution in [2.45, 2.75) is 0 Å². The molecular weight excluding hydrogens is 561 g/mol. The van der Waals surface area contributed by atoms with Crippen molar-refractivity contribution in [1.82, 2.24) is 0 Å². The zero-order valence-electron chi connectivity index (χ0n) is 22.9. The van der Waals surface area contributed by atoms with Crippen molar-refractivity contribution in [3.8, 4) is 44.9 Å². The van der Waals surface area contributed by atoms with Gasteiger partial charge in [-0.3, -0.25) is 0 Å². The monoisotopic (exact) mass is 582 g/mol. The fourth-order valence-electron chi connectivity index (χ4n) is 6.89. The lowest BCUT2D eigenvalue weighted by molar-refractivity contribution is 0.487. The van der Waals surface area contributed by atoms with E-state index in [1.54, 1.807) is 0 Å². The molecule has 1 aliphatic rings. The van der Waals surface area contributed by atoms with Gasteiger partial charge in [-0.15, -0.1) is 22.7 Å². The predicted molar refractivity (Wildman–Crippen MR) is 186 cm³/mol. The minimum Gasteiger partial charge on any atom is -0.456 e. The van der Waals surface area contributed by atoms with Crippen LogP contribution < -0.4 is 4.74 Å². The van der Waals surface area contributed by atoms with E-state index in [0.29, 0.717) is 0 Å². The summed E-state index contributed by atoms with van der Waals surface area (Å²) in [6.45, 7) is 0. The van der Waals surface area contributed by atoms with Gasteiger partial charge in [-0.2, -0.15) is 0 Å². The molecule has 0 spiro atoms. The third-order valence-corrected chi connectivity index (χ3v) is 11.1. The summed E-state index contributed by atoms with van der Waals surface area (Å²) in [7, 11) is 0.